The van der Waals surface area contributed by atoms with Gasteiger partial charge in [0.1, 0.15) is 0 Å². The number of nitrogens with zero attached hydrogens (tertiary/aromatic N) is 1. The molecule has 0 fully saturated rings. The Morgan fingerprint density at radius 2 is 1.61 bits per heavy atom. The number of aliphatic carboxylic acids is 1. The number of alkyl halides is 3. The average molecular weight is 395 g/mol. The van der Waals surface area contributed by atoms with Crippen molar-refractivity contribution in [3.8, 4) is 11.4 Å². The lowest BCUT2D eigenvalue weighted by Gasteiger charge is -2.05. The van der Waals surface area contributed by atoms with Crippen LogP contribution in [0.4, 0.5) is 18.9 Å². The Morgan fingerprint density at radius 3 is 2.07 bits per heavy atom. The highest BCUT2D eigenvalue weighted by Gasteiger charge is 2.38. The second kappa shape index (κ2) is 8.66. The highest BCUT2D eigenvalue weighted by atomic mass is 19.4. The number of aromatic amines is 1. The number of carboxylic acids is 1. The first-order valence-corrected chi connectivity index (χ1v) is 7.50. The molecule has 28 heavy (non-hydrogen) atoms. The van der Waals surface area contributed by atoms with E-state index in [-0.39, 0.29) is 5.91 Å². The van der Waals surface area contributed by atoms with Crippen LogP contribution < -0.4 is 11.1 Å². The van der Waals surface area contributed by atoms with Gasteiger partial charge in [-0.25, -0.2) is 9.59 Å². The topological polar surface area (TPSA) is 125 Å². The molecule has 0 aliphatic rings. The molecule has 3 aromatic rings. The fourth-order valence-corrected chi connectivity index (χ4v) is 1.86. The monoisotopic (exact) mass is 395 g/mol. The molecule has 0 atom stereocenters. The standard InChI is InChI=1S/C15H11N3O3.C2HF3O2/c19-14(16-12-4-2-1-3-5-12)11-8-6-10(7-9-11)13-17-15(20)21-18-13;3-2(4,5)1(6)7/h1-9H,(H,16,19)(H,17,18,20);(H,6,7). The summed E-state index contributed by atoms with van der Waals surface area (Å²) in [6.07, 6.45) is -5.08. The minimum absolute atomic E-state index is 0.207. The first-order chi connectivity index (χ1) is 13.2. The summed E-state index contributed by atoms with van der Waals surface area (Å²) in [5, 5.41) is 13.5. The number of carboxylic acid groups (broad SMARTS) is 1. The maximum atomic E-state index is 12.1. The van der Waals surface area contributed by atoms with Gasteiger partial charge in [0.25, 0.3) is 5.91 Å². The molecule has 3 N–H and O–H groups in total. The molecule has 0 spiro atoms. The van der Waals surface area contributed by atoms with Gasteiger partial charge in [0.15, 0.2) is 5.82 Å². The van der Waals surface area contributed by atoms with Crippen molar-refractivity contribution in [2.24, 2.45) is 0 Å². The van der Waals surface area contributed by atoms with E-state index in [0.29, 0.717) is 17.0 Å². The first-order valence-electron chi connectivity index (χ1n) is 7.50. The van der Waals surface area contributed by atoms with Gasteiger partial charge in [-0.05, 0) is 24.3 Å². The fourth-order valence-electron chi connectivity index (χ4n) is 1.86. The van der Waals surface area contributed by atoms with Crippen LogP contribution in [0.15, 0.2) is 63.9 Å². The third-order valence-corrected chi connectivity index (χ3v) is 3.13. The molecule has 0 saturated heterocycles. The zero-order valence-electron chi connectivity index (χ0n) is 13.9. The van der Waals surface area contributed by atoms with Crippen LogP contribution in [0.1, 0.15) is 10.4 Å². The second-order valence-corrected chi connectivity index (χ2v) is 5.14. The predicted molar refractivity (Wildman–Crippen MR) is 90.6 cm³/mol. The van der Waals surface area contributed by atoms with Crippen molar-refractivity contribution in [2.45, 2.75) is 6.18 Å². The van der Waals surface area contributed by atoms with Crippen molar-refractivity contribution < 1.29 is 32.4 Å². The maximum absolute atomic E-state index is 12.1. The summed E-state index contributed by atoms with van der Waals surface area (Å²) in [4.78, 5) is 34.3. The van der Waals surface area contributed by atoms with Gasteiger partial charge in [-0.1, -0.05) is 35.5 Å². The van der Waals surface area contributed by atoms with Crippen molar-refractivity contribution in [3.63, 3.8) is 0 Å². The zero-order chi connectivity index (χ0) is 20.7. The highest BCUT2D eigenvalue weighted by Crippen LogP contribution is 2.15. The Hall–Kier alpha value is -3.89. The zero-order valence-corrected chi connectivity index (χ0v) is 13.9. The number of rotatable bonds is 3. The van der Waals surface area contributed by atoms with Crippen molar-refractivity contribution in [2.75, 3.05) is 5.32 Å². The van der Waals surface area contributed by atoms with E-state index >= 15 is 0 Å². The van der Waals surface area contributed by atoms with Gasteiger partial charge in [0.05, 0.1) is 0 Å². The molecule has 8 nitrogen and oxygen atoms in total. The Morgan fingerprint density at radius 1 is 1.04 bits per heavy atom. The normalized spacial score (nSPS) is 10.5. The number of nitrogens with one attached hydrogen (secondary N) is 2. The summed E-state index contributed by atoms with van der Waals surface area (Å²) in [7, 11) is 0. The van der Waals surface area contributed by atoms with Crippen molar-refractivity contribution >= 4 is 17.6 Å². The molecule has 146 valence electrons. The van der Waals surface area contributed by atoms with Crippen LogP contribution in [0.3, 0.4) is 0 Å². The number of para-hydroxylation sites is 1. The van der Waals surface area contributed by atoms with E-state index < -0.39 is 17.9 Å². The molecule has 0 bridgehead atoms. The number of hydrogen-bond donors (Lipinski definition) is 3. The van der Waals surface area contributed by atoms with Gasteiger partial charge in [0.2, 0.25) is 0 Å². The van der Waals surface area contributed by atoms with E-state index in [0.717, 1.165) is 5.69 Å². The lowest BCUT2D eigenvalue weighted by Crippen LogP contribution is -2.21. The largest absolute Gasteiger partial charge is 0.490 e. The summed E-state index contributed by atoms with van der Waals surface area (Å²) in [5.41, 5.74) is 1.90. The minimum atomic E-state index is -5.08. The summed E-state index contributed by atoms with van der Waals surface area (Å²) >= 11 is 0. The van der Waals surface area contributed by atoms with Crippen LogP contribution in [0.5, 0.6) is 0 Å². The van der Waals surface area contributed by atoms with E-state index in [1.165, 1.54) is 0 Å². The molecule has 0 saturated carbocycles. The number of hydrogen-bond acceptors (Lipinski definition) is 5. The Labute approximate surface area is 154 Å². The summed E-state index contributed by atoms with van der Waals surface area (Å²) in [6.45, 7) is 0. The molecule has 0 aliphatic heterocycles. The molecule has 11 heteroatoms. The quantitative estimate of drug-likeness (QED) is 0.626. The van der Waals surface area contributed by atoms with E-state index in [1.54, 1.807) is 24.3 Å². The van der Waals surface area contributed by atoms with Crippen LogP contribution >= 0.6 is 0 Å². The summed E-state index contributed by atoms with van der Waals surface area (Å²) in [6, 6.07) is 15.9. The SMILES string of the molecule is O=C(Nc1ccccc1)c1ccc(-c2noc(=O)[nH]2)cc1.O=C(O)C(F)(F)F. The predicted octanol–water partition coefficient (Wildman–Crippen LogP) is 2.92. The third kappa shape index (κ3) is 5.83. The Bertz CT molecular complexity index is 995. The highest BCUT2D eigenvalue weighted by molar-refractivity contribution is 6.04. The summed E-state index contributed by atoms with van der Waals surface area (Å²) in [5.74, 6) is -3.25. The van der Waals surface area contributed by atoms with E-state index in [4.69, 9.17) is 9.90 Å². The minimum Gasteiger partial charge on any atom is -0.475 e. The smallest absolute Gasteiger partial charge is 0.475 e. The first kappa shape index (κ1) is 20.4. The molecule has 1 amide bonds. The van der Waals surface area contributed by atoms with Gasteiger partial charge in [0, 0.05) is 16.8 Å². The maximum Gasteiger partial charge on any atom is 0.490 e. The number of H-pyrrole nitrogens is 1. The number of halogens is 3. The lowest BCUT2D eigenvalue weighted by molar-refractivity contribution is -0.192. The van der Waals surface area contributed by atoms with Gasteiger partial charge >= 0.3 is 17.9 Å². The van der Waals surface area contributed by atoms with E-state index in [2.05, 4.69) is 20.0 Å². The molecular formula is C17H12F3N3O5. The van der Waals surface area contributed by atoms with Crippen LogP contribution in [-0.4, -0.2) is 33.3 Å². The molecule has 0 radical (unpaired) electrons. The number of aromatic nitrogens is 2. The number of benzene rings is 2. The second-order valence-electron chi connectivity index (χ2n) is 5.14. The third-order valence-electron chi connectivity index (χ3n) is 3.13. The van der Waals surface area contributed by atoms with Crippen molar-refractivity contribution in [3.05, 3.63) is 70.7 Å². The number of carbonyl (C=O) groups excluding carboxylic acids is 1. The Kier molecular flexibility index (Phi) is 6.32. The Balaban J connectivity index is 0.000000345. The van der Waals surface area contributed by atoms with Crippen LogP contribution in [0.25, 0.3) is 11.4 Å². The van der Waals surface area contributed by atoms with Gasteiger partial charge in [-0.3, -0.25) is 14.3 Å². The molecular weight excluding hydrogens is 383 g/mol. The molecule has 0 unspecified atom stereocenters. The number of anilines is 1. The van der Waals surface area contributed by atoms with Gasteiger partial charge < -0.3 is 10.4 Å². The fraction of sp³-hybridized carbons (Fsp3) is 0.0588. The van der Waals surface area contributed by atoms with E-state index in [9.17, 15) is 22.8 Å². The van der Waals surface area contributed by atoms with Gasteiger partial charge in [-0.2, -0.15) is 13.2 Å². The molecule has 3 rings (SSSR count). The van der Waals surface area contributed by atoms with Crippen LogP contribution in [-0.2, 0) is 4.79 Å². The molecule has 0 aliphatic carbocycles. The average Bonchev–Trinajstić information content (AvgIpc) is 3.09. The van der Waals surface area contributed by atoms with Crippen molar-refractivity contribution in [1.82, 2.24) is 10.1 Å². The summed E-state index contributed by atoms with van der Waals surface area (Å²) < 4.78 is 36.2. The molecule has 2 aromatic carbocycles. The van der Waals surface area contributed by atoms with Crippen LogP contribution in [0, 0.1) is 0 Å². The van der Waals surface area contributed by atoms with Crippen molar-refractivity contribution in [1.29, 1.82) is 0 Å². The van der Waals surface area contributed by atoms with E-state index in [1.807, 2.05) is 30.3 Å². The number of carbonyl (C=O) groups is 2. The molecule has 1 aromatic heterocycles. The molecule has 1 heterocycles. The van der Waals surface area contributed by atoms with Gasteiger partial charge in [-0.15, -0.1) is 0 Å². The van der Waals surface area contributed by atoms with Crippen LogP contribution in [0.2, 0.25) is 0 Å². The lowest BCUT2D eigenvalue weighted by atomic mass is 10.1. The number of amides is 1.